The number of hydrogen-bond donors (Lipinski definition) is 0. The van der Waals surface area contributed by atoms with E-state index in [1.165, 1.54) is 31.9 Å². The summed E-state index contributed by atoms with van der Waals surface area (Å²) >= 11 is 0. The minimum Gasteiger partial charge on any atom is -0.464 e. The van der Waals surface area contributed by atoms with Gasteiger partial charge in [-0.3, -0.25) is 14.4 Å². The minimum atomic E-state index is -0.166. The van der Waals surface area contributed by atoms with Gasteiger partial charge < -0.3 is 14.2 Å². The fourth-order valence-electron chi connectivity index (χ4n) is 5.39. The molecular formula is C33H42N2O4. The maximum atomic E-state index is 13.8. The largest absolute Gasteiger partial charge is 0.464 e. The van der Waals surface area contributed by atoms with E-state index in [0.29, 0.717) is 47.9 Å². The van der Waals surface area contributed by atoms with Crippen LogP contribution >= 0.6 is 0 Å². The first-order valence-electron chi connectivity index (χ1n) is 14.4. The molecule has 0 unspecified atom stereocenters. The molecule has 0 spiro atoms. The Morgan fingerprint density at radius 3 is 2.44 bits per heavy atom. The van der Waals surface area contributed by atoms with Crippen molar-refractivity contribution in [1.29, 1.82) is 0 Å². The second-order valence-electron chi connectivity index (χ2n) is 11.5. The Bertz CT molecular complexity index is 1310. The Labute approximate surface area is 232 Å². The van der Waals surface area contributed by atoms with Crippen molar-refractivity contribution >= 4 is 22.8 Å². The lowest BCUT2D eigenvalue weighted by Crippen LogP contribution is -2.43. The van der Waals surface area contributed by atoms with Crippen LogP contribution in [0, 0.1) is 18.8 Å². The first kappa shape index (κ1) is 28.6. The van der Waals surface area contributed by atoms with Gasteiger partial charge in [0.1, 0.15) is 5.58 Å². The van der Waals surface area contributed by atoms with E-state index < -0.39 is 0 Å². The summed E-state index contributed by atoms with van der Waals surface area (Å²) in [4.78, 5) is 43.9. The van der Waals surface area contributed by atoms with Crippen molar-refractivity contribution in [2.24, 2.45) is 11.8 Å². The van der Waals surface area contributed by atoms with Crippen molar-refractivity contribution in [2.75, 3.05) is 13.1 Å². The van der Waals surface area contributed by atoms with Gasteiger partial charge in [0.15, 0.2) is 5.43 Å². The van der Waals surface area contributed by atoms with Crippen LogP contribution in [0.15, 0.2) is 64.0 Å². The van der Waals surface area contributed by atoms with Gasteiger partial charge in [-0.15, -0.1) is 0 Å². The zero-order valence-corrected chi connectivity index (χ0v) is 23.7. The summed E-state index contributed by atoms with van der Waals surface area (Å²) in [6.07, 6.45) is 8.62. The quantitative estimate of drug-likeness (QED) is 0.269. The first-order valence-corrected chi connectivity index (χ1v) is 14.4. The maximum absolute atomic E-state index is 13.8. The van der Waals surface area contributed by atoms with Crippen molar-refractivity contribution < 1.29 is 14.0 Å². The molecule has 1 aliphatic rings. The van der Waals surface area contributed by atoms with Crippen LogP contribution in [-0.2, 0) is 22.7 Å². The number of nitrogens with zero attached hydrogens (tertiary/aromatic N) is 2. The van der Waals surface area contributed by atoms with Gasteiger partial charge in [-0.05, 0) is 49.3 Å². The summed E-state index contributed by atoms with van der Waals surface area (Å²) < 4.78 is 5.77. The van der Waals surface area contributed by atoms with Gasteiger partial charge in [0, 0.05) is 19.5 Å². The second-order valence-corrected chi connectivity index (χ2v) is 11.5. The molecule has 0 N–H and O–H groups in total. The molecule has 1 heterocycles. The van der Waals surface area contributed by atoms with Crippen LogP contribution in [0.2, 0.25) is 0 Å². The molecule has 0 radical (unpaired) electrons. The second kappa shape index (κ2) is 13.6. The van der Waals surface area contributed by atoms with E-state index in [1.54, 1.807) is 15.9 Å². The van der Waals surface area contributed by atoms with Gasteiger partial charge in [0.25, 0.3) is 0 Å². The minimum absolute atomic E-state index is 0.0150. The molecule has 3 aromatic rings. The van der Waals surface area contributed by atoms with Crippen LogP contribution < -0.4 is 5.43 Å². The molecule has 39 heavy (non-hydrogen) atoms. The Morgan fingerprint density at radius 1 is 0.974 bits per heavy atom. The lowest BCUT2D eigenvalue weighted by Gasteiger charge is -2.28. The van der Waals surface area contributed by atoms with Crippen molar-refractivity contribution in [3.63, 3.8) is 0 Å². The zero-order chi connectivity index (χ0) is 27.8. The number of fused-ring (bicyclic) bond motifs is 1. The van der Waals surface area contributed by atoms with Gasteiger partial charge in [-0.25, -0.2) is 0 Å². The summed E-state index contributed by atoms with van der Waals surface area (Å²) in [7, 11) is 0. The highest BCUT2D eigenvalue weighted by atomic mass is 16.3. The number of benzene rings is 2. The highest BCUT2D eigenvalue weighted by Crippen LogP contribution is 2.28. The van der Waals surface area contributed by atoms with Gasteiger partial charge in [-0.2, -0.15) is 0 Å². The number of amides is 2. The maximum Gasteiger partial charge on any atom is 0.242 e. The van der Waals surface area contributed by atoms with Crippen LogP contribution in [0.5, 0.6) is 0 Å². The van der Waals surface area contributed by atoms with Crippen molar-refractivity contribution in [3.05, 3.63) is 81.7 Å². The molecule has 6 heteroatoms. The summed E-state index contributed by atoms with van der Waals surface area (Å²) in [6.45, 7) is 7.24. The predicted molar refractivity (Wildman–Crippen MR) is 155 cm³/mol. The van der Waals surface area contributed by atoms with E-state index in [9.17, 15) is 14.4 Å². The van der Waals surface area contributed by atoms with Crippen LogP contribution in [0.25, 0.3) is 11.0 Å². The van der Waals surface area contributed by atoms with E-state index in [4.69, 9.17) is 4.42 Å². The standard InChI is InChI=1S/C33H42N2O4/c1-24(2)17-18-34(31(36)16-14-26-9-7-8-10-26)22-32(37)35(20-27-11-5-4-6-12-27)21-28-23-39-30-15-13-25(3)19-29(30)33(28)38/h4-6,11-13,15,19,23-24,26H,7-10,14,16-18,20-22H2,1-3H3. The molecule has 0 atom stereocenters. The SMILES string of the molecule is Cc1ccc2occ(CN(Cc3ccccc3)C(=O)CN(CCC(C)C)C(=O)CCC3CCCC3)c(=O)c2c1. The lowest BCUT2D eigenvalue weighted by molar-refractivity contribution is -0.141. The zero-order valence-electron chi connectivity index (χ0n) is 23.7. The molecule has 0 aliphatic heterocycles. The highest BCUT2D eigenvalue weighted by Gasteiger charge is 2.24. The van der Waals surface area contributed by atoms with Crippen LogP contribution in [-0.4, -0.2) is 34.7 Å². The van der Waals surface area contributed by atoms with E-state index in [1.807, 2.05) is 49.4 Å². The molecule has 0 saturated heterocycles. The molecule has 6 nitrogen and oxygen atoms in total. The van der Waals surface area contributed by atoms with Crippen molar-refractivity contribution in [3.8, 4) is 0 Å². The van der Waals surface area contributed by atoms with Crippen molar-refractivity contribution in [2.45, 2.75) is 78.8 Å². The third-order valence-corrected chi connectivity index (χ3v) is 7.83. The van der Waals surface area contributed by atoms with E-state index in [2.05, 4.69) is 13.8 Å². The van der Waals surface area contributed by atoms with Gasteiger partial charge in [-0.1, -0.05) is 81.5 Å². The molecule has 1 aliphatic carbocycles. The molecular weight excluding hydrogens is 488 g/mol. The third-order valence-electron chi connectivity index (χ3n) is 7.83. The predicted octanol–water partition coefficient (Wildman–Crippen LogP) is 6.48. The molecule has 0 bridgehead atoms. The number of aryl methyl sites for hydroxylation is 1. The Morgan fingerprint density at radius 2 is 1.72 bits per heavy atom. The van der Waals surface area contributed by atoms with E-state index in [-0.39, 0.29) is 30.3 Å². The highest BCUT2D eigenvalue weighted by molar-refractivity contribution is 5.85. The number of carbonyl (C=O) groups excluding carboxylic acids is 2. The smallest absolute Gasteiger partial charge is 0.242 e. The Balaban J connectivity index is 1.55. The monoisotopic (exact) mass is 530 g/mol. The third kappa shape index (κ3) is 8.04. The van der Waals surface area contributed by atoms with Crippen LogP contribution in [0.3, 0.4) is 0 Å². The normalized spacial score (nSPS) is 13.7. The summed E-state index contributed by atoms with van der Waals surface area (Å²) in [6, 6.07) is 15.3. The molecule has 2 amide bonds. The Kier molecular flexibility index (Phi) is 9.96. The fraction of sp³-hybridized carbons (Fsp3) is 0.485. The molecule has 1 aromatic heterocycles. The average molecular weight is 531 g/mol. The van der Waals surface area contributed by atoms with Gasteiger partial charge >= 0.3 is 0 Å². The lowest BCUT2D eigenvalue weighted by atomic mass is 10.0. The van der Waals surface area contributed by atoms with Crippen molar-refractivity contribution in [1.82, 2.24) is 9.80 Å². The van der Waals surface area contributed by atoms with Crippen LogP contribution in [0.1, 0.15) is 75.5 Å². The van der Waals surface area contributed by atoms with E-state index >= 15 is 0 Å². The molecule has 1 fully saturated rings. The summed E-state index contributed by atoms with van der Waals surface area (Å²) in [5, 5.41) is 0.514. The Hall–Kier alpha value is -3.41. The average Bonchev–Trinajstić information content (AvgIpc) is 3.45. The van der Waals surface area contributed by atoms with Gasteiger partial charge in [0.05, 0.1) is 30.3 Å². The number of hydrogen-bond acceptors (Lipinski definition) is 4. The van der Waals surface area contributed by atoms with Crippen LogP contribution in [0.4, 0.5) is 0 Å². The van der Waals surface area contributed by atoms with E-state index in [0.717, 1.165) is 24.0 Å². The summed E-state index contributed by atoms with van der Waals surface area (Å²) in [5.74, 6) is 0.940. The molecule has 1 saturated carbocycles. The molecule has 4 rings (SSSR count). The number of rotatable bonds is 12. The molecule has 2 aromatic carbocycles. The fourth-order valence-corrected chi connectivity index (χ4v) is 5.39. The number of carbonyl (C=O) groups is 2. The first-order chi connectivity index (χ1) is 18.8. The topological polar surface area (TPSA) is 70.8 Å². The van der Waals surface area contributed by atoms with Gasteiger partial charge in [0.2, 0.25) is 11.8 Å². The molecule has 208 valence electrons. The summed E-state index contributed by atoms with van der Waals surface area (Å²) in [5.41, 5.74) is 2.77.